The molecule has 11 nitrogen and oxygen atoms in total. The number of benzene rings is 2. The van der Waals surface area contributed by atoms with Gasteiger partial charge in [0.05, 0.1) is 32.3 Å². The summed E-state index contributed by atoms with van der Waals surface area (Å²) >= 11 is 1.19. The fourth-order valence-electron chi connectivity index (χ4n) is 4.60. The number of carbonyl (C=O) groups excluding carboxylic acids is 2. The van der Waals surface area contributed by atoms with E-state index < -0.39 is 0 Å². The molecule has 4 aromatic rings. The van der Waals surface area contributed by atoms with Crippen LogP contribution in [0.4, 0.5) is 4.79 Å². The lowest BCUT2D eigenvalue weighted by Crippen LogP contribution is -2.51. The van der Waals surface area contributed by atoms with Crippen LogP contribution in [0, 0.1) is 0 Å². The highest BCUT2D eigenvalue weighted by molar-refractivity contribution is 7.99. The second-order valence-corrected chi connectivity index (χ2v) is 9.77. The van der Waals surface area contributed by atoms with Crippen molar-refractivity contribution < 1.29 is 23.8 Å². The summed E-state index contributed by atoms with van der Waals surface area (Å²) in [5, 5.41) is 1.20. The molecule has 1 fully saturated rings. The molecule has 2 aromatic heterocycles. The van der Waals surface area contributed by atoms with Crippen molar-refractivity contribution in [2.45, 2.75) is 12.1 Å². The predicted octanol–water partition coefficient (Wildman–Crippen LogP) is 3.28. The summed E-state index contributed by atoms with van der Waals surface area (Å²) in [5.74, 6) is 0.966. The number of carbonyl (C=O) groups is 2. The molecule has 3 heterocycles. The van der Waals surface area contributed by atoms with Crippen molar-refractivity contribution >= 4 is 45.7 Å². The van der Waals surface area contributed by atoms with Gasteiger partial charge >= 0.3 is 6.09 Å². The third kappa shape index (κ3) is 5.11. The number of fused-ring (bicyclic) bond motifs is 3. The molecular weight excluding hydrogens is 522 g/mol. The van der Waals surface area contributed by atoms with E-state index in [1.807, 2.05) is 24.3 Å². The molecule has 5 rings (SSSR count). The lowest BCUT2D eigenvalue weighted by Gasteiger charge is -2.34. The molecular formula is C27H29N5O6S. The molecule has 204 valence electrons. The van der Waals surface area contributed by atoms with E-state index in [0.717, 1.165) is 10.9 Å². The zero-order valence-corrected chi connectivity index (χ0v) is 22.7. The molecule has 1 N–H and O–H groups in total. The van der Waals surface area contributed by atoms with Crippen molar-refractivity contribution in [3.05, 3.63) is 52.8 Å². The smallest absolute Gasteiger partial charge is 0.409 e. The number of H-pyrrole nitrogens is 1. The first-order valence-corrected chi connectivity index (χ1v) is 13.5. The van der Waals surface area contributed by atoms with Gasteiger partial charge < -0.3 is 29.0 Å². The van der Waals surface area contributed by atoms with Gasteiger partial charge in [0.2, 0.25) is 5.91 Å². The molecule has 1 aliphatic heterocycles. The monoisotopic (exact) mass is 551 g/mol. The summed E-state index contributed by atoms with van der Waals surface area (Å²) in [6, 6.07) is 12.8. The first kappa shape index (κ1) is 26.4. The van der Waals surface area contributed by atoms with E-state index in [2.05, 4.69) is 4.98 Å². The Kier molecular flexibility index (Phi) is 7.64. The Morgan fingerprint density at radius 1 is 1.00 bits per heavy atom. The van der Waals surface area contributed by atoms with Crippen molar-refractivity contribution in [3.63, 3.8) is 0 Å². The molecule has 2 amide bonds. The molecule has 1 aliphatic rings. The fraction of sp³-hybridized carbons (Fsp3) is 0.333. The Morgan fingerprint density at radius 3 is 2.44 bits per heavy atom. The average Bonchev–Trinajstić information content (AvgIpc) is 3.35. The molecule has 39 heavy (non-hydrogen) atoms. The number of hydrogen-bond acceptors (Lipinski definition) is 8. The van der Waals surface area contributed by atoms with Crippen LogP contribution in [0.3, 0.4) is 0 Å². The first-order chi connectivity index (χ1) is 18.9. The SMILES string of the molecule is CCOC(=O)N1CCN(C(=O)CSc2nc3c([nH]c4ccccc43)c(=O)n2-c2ccc(OC)c(OC)c2)CC1. The number of rotatable bonds is 7. The zero-order chi connectivity index (χ0) is 27.5. The Labute approximate surface area is 228 Å². The Hall–Kier alpha value is -4.19. The predicted molar refractivity (Wildman–Crippen MR) is 148 cm³/mol. The second kappa shape index (κ2) is 11.3. The molecule has 12 heteroatoms. The number of hydrogen-bond donors (Lipinski definition) is 1. The molecule has 1 saturated heterocycles. The Balaban J connectivity index is 1.47. The molecule has 0 atom stereocenters. The summed E-state index contributed by atoms with van der Waals surface area (Å²) in [5.41, 5.74) is 1.96. The number of piperazine rings is 1. The standard InChI is InChI=1S/C27H29N5O6S/c1-4-38-27(35)31-13-11-30(12-14-31)22(33)16-39-26-29-23-18-7-5-6-8-19(18)28-24(23)25(34)32(26)17-9-10-20(36-2)21(15-17)37-3/h5-10,15,28H,4,11-14,16H2,1-3H3. The van der Waals surface area contributed by atoms with E-state index >= 15 is 0 Å². The fourth-order valence-corrected chi connectivity index (χ4v) is 5.51. The van der Waals surface area contributed by atoms with Crippen molar-refractivity contribution in [1.82, 2.24) is 24.3 Å². The number of para-hydroxylation sites is 1. The van der Waals surface area contributed by atoms with E-state index in [0.29, 0.717) is 66.2 Å². The average molecular weight is 552 g/mol. The normalized spacial score (nSPS) is 13.6. The van der Waals surface area contributed by atoms with Crippen LogP contribution in [0.1, 0.15) is 6.92 Å². The maximum atomic E-state index is 13.8. The van der Waals surface area contributed by atoms with Gasteiger partial charge in [-0.1, -0.05) is 30.0 Å². The minimum absolute atomic E-state index is 0.0764. The number of nitrogens with zero attached hydrogens (tertiary/aromatic N) is 4. The zero-order valence-electron chi connectivity index (χ0n) is 21.9. The number of aromatic amines is 1. The van der Waals surface area contributed by atoms with Crippen molar-refractivity contribution in [2.75, 3.05) is 52.8 Å². The summed E-state index contributed by atoms with van der Waals surface area (Å²) in [7, 11) is 3.07. The van der Waals surface area contributed by atoms with E-state index in [-0.39, 0.29) is 23.3 Å². The number of ether oxygens (including phenoxy) is 3. The van der Waals surface area contributed by atoms with Crippen molar-refractivity contribution in [1.29, 1.82) is 0 Å². The molecule has 0 unspecified atom stereocenters. The van der Waals surface area contributed by atoms with Crippen LogP contribution in [-0.2, 0) is 9.53 Å². The largest absolute Gasteiger partial charge is 0.493 e. The van der Waals surface area contributed by atoms with Crippen LogP contribution >= 0.6 is 11.8 Å². The van der Waals surface area contributed by atoms with Gasteiger partial charge in [0.25, 0.3) is 5.56 Å². The first-order valence-electron chi connectivity index (χ1n) is 12.5. The summed E-state index contributed by atoms with van der Waals surface area (Å²) < 4.78 is 17.4. The van der Waals surface area contributed by atoms with Crippen LogP contribution in [-0.4, -0.2) is 89.1 Å². The summed E-state index contributed by atoms with van der Waals surface area (Å²) in [6.45, 7) is 3.71. The van der Waals surface area contributed by atoms with Gasteiger partial charge in [0.15, 0.2) is 16.7 Å². The number of aromatic nitrogens is 3. The lowest BCUT2D eigenvalue weighted by atomic mass is 10.2. The molecule has 0 bridgehead atoms. The van der Waals surface area contributed by atoms with Gasteiger partial charge in [-0.3, -0.25) is 14.2 Å². The third-order valence-electron chi connectivity index (χ3n) is 6.60. The minimum Gasteiger partial charge on any atom is -0.493 e. The minimum atomic E-state index is -0.367. The topological polar surface area (TPSA) is 119 Å². The van der Waals surface area contributed by atoms with Crippen LogP contribution < -0.4 is 15.0 Å². The van der Waals surface area contributed by atoms with Crippen LogP contribution in [0.5, 0.6) is 11.5 Å². The number of thioether (sulfide) groups is 1. The second-order valence-electron chi connectivity index (χ2n) is 8.82. The van der Waals surface area contributed by atoms with Crippen LogP contribution in [0.25, 0.3) is 27.6 Å². The quantitative estimate of drug-likeness (QED) is 0.275. The highest BCUT2D eigenvalue weighted by Gasteiger charge is 2.26. The van der Waals surface area contributed by atoms with Gasteiger partial charge in [-0.05, 0) is 25.1 Å². The Bertz CT molecular complexity index is 1590. The molecule has 0 aliphatic carbocycles. The molecule has 0 spiro atoms. The molecule has 0 saturated carbocycles. The summed E-state index contributed by atoms with van der Waals surface area (Å²) in [4.78, 5) is 50.3. The lowest BCUT2D eigenvalue weighted by molar-refractivity contribution is -0.129. The highest BCUT2D eigenvalue weighted by atomic mass is 32.2. The van der Waals surface area contributed by atoms with Gasteiger partial charge in [-0.2, -0.15) is 0 Å². The van der Waals surface area contributed by atoms with Gasteiger partial charge in [-0.25, -0.2) is 9.78 Å². The van der Waals surface area contributed by atoms with Crippen molar-refractivity contribution in [3.8, 4) is 17.2 Å². The summed E-state index contributed by atoms with van der Waals surface area (Å²) in [6.07, 6.45) is -0.367. The number of nitrogens with one attached hydrogen (secondary N) is 1. The van der Waals surface area contributed by atoms with E-state index in [1.54, 1.807) is 42.0 Å². The number of amides is 2. The van der Waals surface area contributed by atoms with Gasteiger partial charge in [0, 0.05) is 43.1 Å². The van der Waals surface area contributed by atoms with E-state index in [4.69, 9.17) is 19.2 Å². The Morgan fingerprint density at radius 2 is 1.72 bits per heavy atom. The highest BCUT2D eigenvalue weighted by Crippen LogP contribution is 2.31. The molecule has 0 radical (unpaired) electrons. The van der Waals surface area contributed by atoms with E-state index in [9.17, 15) is 14.4 Å². The molecule has 2 aromatic carbocycles. The van der Waals surface area contributed by atoms with Crippen LogP contribution in [0.15, 0.2) is 52.4 Å². The third-order valence-corrected chi connectivity index (χ3v) is 7.53. The van der Waals surface area contributed by atoms with Gasteiger partial charge in [0.1, 0.15) is 11.0 Å². The maximum Gasteiger partial charge on any atom is 0.409 e. The van der Waals surface area contributed by atoms with Crippen LogP contribution in [0.2, 0.25) is 0 Å². The van der Waals surface area contributed by atoms with Crippen molar-refractivity contribution in [2.24, 2.45) is 0 Å². The van der Waals surface area contributed by atoms with Gasteiger partial charge in [-0.15, -0.1) is 0 Å². The number of methoxy groups -OCH3 is 2. The van der Waals surface area contributed by atoms with E-state index in [1.165, 1.54) is 23.4 Å². The maximum absolute atomic E-state index is 13.8.